The lowest BCUT2D eigenvalue weighted by atomic mass is 9.98. The molecule has 0 fully saturated rings. The van der Waals surface area contributed by atoms with Gasteiger partial charge in [0.05, 0.1) is 16.8 Å². The highest BCUT2D eigenvalue weighted by Gasteiger charge is 2.13. The highest BCUT2D eigenvalue weighted by molar-refractivity contribution is 7.92. The molecule has 0 spiro atoms. The van der Waals surface area contributed by atoms with Crippen molar-refractivity contribution in [3.63, 3.8) is 0 Å². The van der Waals surface area contributed by atoms with E-state index in [2.05, 4.69) is 35.7 Å². The third-order valence-electron chi connectivity index (χ3n) is 4.45. The summed E-state index contributed by atoms with van der Waals surface area (Å²) in [5.74, 6) is 0.131. The maximum absolute atomic E-state index is 11.3. The summed E-state index contributed by atoms with van der Waals surface area (Å²) in [5.41, 5.74) is 5.85. The van der Waals surface area contributed by atoms with E-state index in [-0.39, 0.29) is 5.92 Å². The van der Waals surface area contributed by atoms with Crippen molar-refractivity contribution < 1.29 is 8.42 Å². The van der Waals surface area contributed by atoms with Crippen LogP contribution in [-0.2, 0) is 10.0 Å². The maximum Gasteiger partial charge on any atom is 0.229 e. The summed E-state index contributed by atoms with van der Waals surface area (Å²) in [7, 11) is -3.27. The topological polar surface area (TPSA) is 62.0 Å². The minimum atomic E-state index is -3.27. The normalized spacial score (nSPS) is 12.6. The SMILES string of the molecule is Cc1ccc(C(=S)c2ccc(C(C)c3ccc(NS(C)(=O)=O)cc3)[nH]2)cc1. The van der Waals surface area contributed by atoms with Crippen molar-refractivity contribution in [1.82, 2.24) is 4.98 Å². The summed E-state index contributed by atoms with van der Waals surface area (Å²) < 4.78 is 25.1. The van der Waals surface area contributed by atoms with Crippen molar-refractivity contribution in [2.24, 2.45) is 0 Å². The Bertz CT molecular complexity index is 1050. The van der Waals surface area contributed by atoms with Crippen LogP contribution in [-0.4, -0.2) is 24.5 Å². The van der Waals surface area contributed by atoms with Crippen LogP contribution in [0.1, 0.15) is 40.9 Å². The van der Waals surface area contributed by atoms with Gasteiger partial charge >= 0.3 is 0 Å². The van der Waals surface area contributed by atoms with Gasteiger partial charge in [-0.05, 0) is 42.3 Å². The first kappa shape index (κ1) is 19.3. The molecular formula is C21H22N2O2S2. The van der Waals surface area contributed by atoms with E-state index in [1.807, 2.05) is 36.4 Å². The molecule has 1 unspecified atom stereocenters. The summed E-state index contributed by atoms with van der Waals surface area (Å²) in [4.78, 5) is 4.22. The average Bonchev–Trinajstić information content (AvgIpc) is 3.10. The fourth-order valence-electron chi connectivity index (χ4n) is 2.89. The first-order valence-electron chi connectivity index (χ1n) is 8.61. The summed E-state index contributed by atoms with van der Waals surface area (Å²) >= 11 is 5.62. The summed E-state index contributed by atoms with van der Waals surface area (Å²) in [5, 5.41) is 0. The molecule has 3 aromatic rings. The molecule has 0 aliphatic carbocycles. The highest BCUT2D eigenvalue weighted by Crippen LogP contribution is 2.26. The second-order valence-corrected chi connectivity index (χ2v) is 8.90. The number of H-pyrrole nitrogens is 1. The Morgan fingerprint density at radius 2 is 1.63 bits per heavy atom. The molecule has 0 radical (unpaired) electrons. The van der Waals surface area contributed by atoms with E-state index in [4.69, 9.17) is 12.2 Å². The van der Waals surface area contributed by atoms with Crippen LogP contribution in [0.15, 0.2) is 60.7 Å². The largest absolute Gasteiger partial charge is 0.357 e. The zero-order valence-electron chi connectivity index (χ0n) is 15.5. The van der Waals surface area contributed by atoms with Gasteiger partial charge in [0.15, 0.2) is 0 Å². The lowest BCUT2D eigenvalue weighted by Gasteiger charge is -2.12. The quantitative estimate of drug-likeness (QED) is 0.471. The standard InChI is InChI=1S/C21H22N2O2S2/c1-14-4-6-17(7-5-14)21(26)20-13-12-19(22-20)15(2)16-8-10-18(11-9-16)23-27(3,24)25/h4-13,15,22-23H,1-3H3. The Balaban J connectivity index is 1.77. The number of thiocarbonyl (C=S) groups is 1. The third kappa shape index (κ3) is 4.84. The summed E-state index contributed by atoms with van der Waals surface area (Å²) in [6.45, 7) is 4.15. The molecule has 0 bridgehead atoms. The Labute approximate surface area is 165 Å². The predicted octanol–water partition coefficient (Wildman–Crippen LogP) is 4.61. The van der Waals surface area contributed by atoms with E-state index in [1.54, 1.807) is 12.1 Å². The number of anilines is 1. The third-order valence-corrected chi connectivity index (χ3v) is 5.51. The second kappa shape index (κ2) is 7.66. The number of hydrogen-bond acceptors (Lipinski definition) is 3. The van der Waals surface area contributed by atoms with E-state index in [0.29, 0.717) is 5.69 Å². The monoisotopic (exact) mass is 398 g/mol. The fraction of sp³-hybridized carbons (Fsp3) is 0.190. The fourth-order valence-corrected chi connectivity index (χ4v) is 3.71. The van der Waals surface area contributed by atoms with Crippen molar-refractivity contribution in [2.75, 3.05) is 11.0 Å². The van der Waals surface area contributed by atoms with E-state index < -0.39 is 10.0 Å². The summed E-state index contributed by atoms with van der Waals surface area (Å²) in [6, 6.07) is 19.6. The van der Waals surface area contributed by atoms with Crippen LogP contribution < -0.4 is 4.72 Å². The number of aromatic nitrogens is 1. The molecule has 1 heterocycles. The molecule has 1 aromatic heterocycles. The molecule has 3 rings (SSSR count). The zero-order valence-corrected chi connectivity index (χ0v) is 17.1. The number of sulfonamides is 1. The van der Waals surface area contributed by atoms with Crippen LogP contribution in [0.5, 0.6) is 0 Å². The first-order chi connectivity index (χ1) is 12.7. The van der Waals surface area contributed by atoms with Crippen molar-refractivity contribution in [3.8, 4) is 0 Å². The minimum Gasteiger partial charge on any atom is -0.357 e. The van der Waals surface area contributed by atoms with Crippen molar-refractivity contribution in [1.29, 1.82) is 0 Å². The average molecular weight is 399 g/mol. The zero-order chi connectivity index (χ0) is 19.6. The van der Waals surface area contributed by atoms with Crippen LogP contribution >= 0.6 is 12.2 Å². The molecule has 27 heavy (non-hydrogen) atoms. The lowest BCUT2D eigenvalue weighted by Crippen LogP contribution is -2.09. The number of benzene rings is 2. The molecule has 0 aliphatic rings. The van der Waals surface area contributed by atoms with Gasteiger partial charge in [0, 0.05) is 17.3 Å². The Morgan fingerprint density at radius 3 is 2.22 bits per heavy atom. The molecule has 0 saturated carbocycles. The van der Waals surface area contributed by atoms with Crippen LogP contribution in [0.25, 0.3) is 0 Å². The van der Waals surface area contributed by atoms with Gasteiger partial charge in [-0.2, -0.15) is 0 Å². The maximum atomic E-state index is 11.3. The van der Waals surface area contributed by atoms with Crippen LogP contribution in [0, 0.1) is 6.92 Å². The molecule has 0 aliphatic heterocycles. The molecular weight excluding hydrogens is 376 g/mol. The Hall–Kier alpha value is -2.44. The molecule has 140 valence electrons. The number of aryl methyl sites for hydroxylation is 1. The van der Waals surface area contributed by atoms with Crippen LogP contribution in [0.3, 0.4) is 0 Å². The van der Waals surface area contributed by atoms with Crippen molar-refractivity contribution in [3.05, 3.63) is 88.7 Å². The van der Waals surface area contributed by atoms with E-state index in [0.717, 1.165) is 33.6 Å². The number of nitrogens with one attached hydrogen (secondary N) is 2. The van der Waals surface area contributed by atoms with Crippen molar-refractivity contribution in [2.45, 2.75) is 19.8 Å². The van der Waals surface area contributed by atoms with Gasteiger partial charge in [0.1, 0.15) is 0 Å². The molecule has 2 N–H and O–H groups in total. The molecule has 6 heteroatoms. The number of aromatic amines is 1. The van der Waals surface area contributed by atoms with E-state index >= 15 is 0 Å². The van der Waals surface area contributed by atoms with Gasteiger partial charge in [-0.1, -0.05) is 61.1 Å². The van der Waals surface area contributed by atoms with Crippen LogP contribution in [0.4, 0.5) is 5.69 Å². The molecule has 2 aromatic carbocycles. The van der Waals surface area contributed by atoms with Gasteiger partial charge in [0.25, 0.3) is 0 Å². The van der Waals surface area contributed by atoms with Gasteiger partial charge in [-0.15, -0.1) is 0 Å². The Morgan fingerprint density at radius 1 is 1.00 bits per heavy atom. The predicted molar refractivity (Wildman–Crippen MR) is 115 cm³/mol. The molecule has 0 amide bonds. The van der Waals surface area contributed by atoms with Gasteiger partial charge in [-0.25, -0.2) is 8.42 Å². The second-order valence-electron chi connectivity index (χ2n) is 6.74. The molecule has 1 atom stereocenters. The van der Waals surface area contributed by atoms with Crippen molar-refractivity contribution >= 4 is 32.8 Å². The van der Waals surface area contributed by atoms with Crippen LogP contribution in [0.2, 0.25) is 0 Å². The summed E-state index contributed by atoms with van der Waals surface area (Å²) in [6.07, 6.45) is 1.14. The smallest absolute Gasteiger partial charge is 0.229 e. The van der Waals surface area contributed by atoms with Gasteiger partial charge < -0.3 is 4.98 Å². The van der Waals surface area contributed by atoms with E-state index in [9.17, 15) is 8.42 Å². The number of rotatable bonds is 6. The first-order valence-corrected chi connectivity index (χ1v) is 10.9. The minimum absolute atomic E-state index is 0.131. The van der Waals surface area contributed by atoms with Gasteiger partial charge in [-0.3, -0.25) is 4.72 Å². The van der Waals surface area contributed by atoms with Gasteiger partial charge in [0.2, 0.25) is 10.0 Å². The van der Waals surface area contributed by atoms with E-state index in [1.165, 1.54) is 5.56 Å². The molecule has 0 saturated heterocycles. The lowest BCUT2D eigenvalue weighted by molar-refractivity contribution is 0.607. The molecule has 4 nitrogen and oxygen atoms in total. The Kier molecular flexibility index (Phi) is 5.48. The number of hydrogen-bond donors (Lipinski definition) is 2. The highest BCUT2D eigenvalue weighted by atomic mass is 32.2.